The van der Waals surface area contributed by atoms with Crippen molar-refractivity contribution in [3.8, 4) is 0 Å². The van der Waals surface area contributed by atoms with E-state index in [1.54, 1.807) is 0 Å². The first kappa shape index (κ1) is 17.3. The molecule has 1 aromatic carbocycles. The lowest BCUT2D eigenvalue weighted by atomic mass is 10.1. The van der Waals surface area contributed by atoms with Gasteiger partial charge < -0.3 is 4.90 Å². The fourth-order valence-electron chi connectivity index (χ4n) is 1.48. The van der Waals surface area contributed by atoms with Crippen LogP contribution in [-0.4, -0.2) is 29.7 Å². The second-order valence-corrected chi connectivity index (χ2v) is 4.48. The van der Waals surface area contributed by atoms with E-state index in [1.165, 1.54) is 0 Å². The Hall–Kier alpha value is -1.80. The summed E-state index contributed by atoms with van der Waals surface area (Å²) < 4.78 is 90.8. The van der Waals surface area contributed by atoms with Gasteiger partial charge in [0.25, 0.3) is 5.91 Å². The van der Waals surface area contributed by atoms with Gasteiger partial charge in [-0.05, 0) is 6.07 Å². The van der Waals surface area contributed by atoms with Gasteiger partial charge in [0.2, 0.25) is 0 Å². The van der Waals surface area contributed by atoms with Gasteiger partial charge in [-0.2, -0.15) is 17.6 Å². The molecule has 1 rings (SSSR count). The largest absolute Gasteiger partial charge is 0.386 e. The number of benzene rings is 1. The first-order valence-electron chi connectivity index (χ1n) is 5.52. The molecule has 0 unspecified atom stereocenters. The van der Waals surface area contributed by atoms with Crippen LogP contribution in [0.25, 0.3) is 0 Å². The Labute approximate surface area is 115 Å². The lowest BCUT2D eigenvalue weighted by Gasteiger charge is -2.27. The normalized spacial score (nSPS) is 12.4. The topological polar surface area (TPSA) is 20.3 Å². The van der Waals surface area contributed by atoms with Crippen LogP contribution in [0.15, 0.2) is 12.1 Å². The average Bonchev–Trinajstić information content (AvgIpc) is 2.32. The zero-order chi connectivity index (χ0) is 16.6. The maximum absolute atomic E-state index is 13.3. The fraction of sp³-hybridized carbons (Fsp3) is 0.417. The molecule has 0 radical (unpaired) electrons. The molecule has 0 aliphatic heterocycles. The summed E-state index contributed by atoms with van der Waals surface area (Å²) in [4.78, 5) is 11.3. The molecule has 0 saturated heterocycles. The molecule has 118 valence electrons. The third-order valence-electron chi connectivity index (χ3n) is 2.64. The van der Waals surface area contributed by atoms with Crippen molar-refractivity contribution in [3.63, 3.8) is 0 Å². The summed E-state index contributed by atoms with van der Waals surface area (Å²) in [6, 6.07) is 0.694. The van der Waals surface area contributed by atoms with Crippen molar-refractivity contribution in [2.45, 2.75) is 25.3 Å². The number of rotatable bonds is 4. The Bertz CT molecular complexity index is 553. The van der Waals surface area contributed by atoms with Gasteiger partial charge in [-0.3, -0.25) is 4.79 Å². The summed E-state index contributed by atoms with van der Waals surface area (Å²) in [5.41, 5.74) is -0.751. The SMILES string of the molecule is CN(Cc1cc(F)cc(F)c1F)C(=O)C(F)(F)C(C)(F)F. The van der Waals surface area contributed by atoms with Crippen molar-refractivity contribution in [1.29, 1.82) is 0 Å². The number of nitrogens with zero attached hydrogens (tertiary/aromatic N) is 1. The third kappa shape index (κ3) is 3.45. The van der Waals surface area contributed by atoms with Crippen LogP contribution in [0.3, 0.4) is 0 Å². The molecule has 1 aromatic rings. The molecule has 0 heterocycles. The van der Waals surface area contributed by atoms with Gasteiger partial charge in [-0.1, -0.05) is 0 Å². The number of amides is 1. The monoisotopic (exact) mass is 317 g/mol. The van der Waals surface area contributed by atoms with Gasteiger partial charge >= 0.3 is 11.8 Å². The number of hydrogen-bond acceptors (Lipinski definition) is 1. The predicted molar refractivity (Wildman–Crippen MR) is 58.4 cm³/mol. The minimum absolute atomic E-state index is 0.0642. The van der Waals surface area contributed by atoms with Crippen molar-refractivity contribution in [3.05, 3.63) is 35.1 Å². The number of carbonyl (C=O) groups is 1. The van der Waals surface area contributed by atoms with Gasteiger partial charge in [0.15, 0.2) is 11.6 Å². The van der Waals surface area contributed by atoms with Crippen LogP contribution in [0.5, 0.6) is 0 Å². The van der Waals surface area contributed by atoms with Crippen molar-refractivity contribution < 1.29 is 35.5 Å². The summed E-state index contributed by atoms with van der Waals surface area (Å²) in [6.07, 6.45) is 0. The molecule has 2 nitrogen and oxygen atoms in total. The van der Waals surface area contributed by atoms with Gasteiger partial charge in [-0.25, -0.2) is 13.2 Å². The molecule has 0 spiro atoms. The Morgan fingerprint density at radius 1 is 1.14 bits per heavy atom. The Balaban J connectivity index is 3.02. The van der Waals surface area contributed by atoms with E-state index in [9.17, 15) is 35.5 Å². The summed E-state index contributed by atoms with van der Waals surface area (Å²) in [5.74, 6) is -16.3. The molecule has 0 atom stereocenters. The average molecular weight is 317 g/mol. The molecule has 0 aliphatic carbocycles. The molecule has 0 aromatic heterocycles. The third-order valence-corrected chi connectivity index (χ3v) is 2.64. The van der Waals surface area contributed by atoms with Crippen molar-refractivity contribution in [2.24, 2.45) is 0 Å². The minimum Gasteiger partial charge on any atom is -0.336 e. The fourth-order valence-corrected chi connectivity index (χ4v) is 1.48. The summed E-state index contributed by atoms with van der Waals surface area (Å²) in [5, 5.41) is 0. The lowest BCUT2D eigenvalue weighted by molar-refractivity contribution is -0.210. The molecule has 0 bridgehead atoms. The molecule has 9 heteroatoms. The van der Waals surface area contributed by atoms with Gasteiger partial charge in [0.1, 0.15) is 5.82 Å². The van der Waals surface area contributed by atoms with E-state index < -0.39 is 47.3 Å². The van der Waals surface area contributed by atoms with Crippen molar-refractivity contribution in [1.82, 2.24) is 4.90 Å². The van der Waals surface area contributed by atoms with Crippen LogP contribution in [0, 0.1) is 17.5 Å². The second-order valence-electron chi connectivity index (χ2n) is 4.48. The molecule has 0 fully saturated rings. The van der Waals surface area contributed by atoms with Crippen molar-refractivity contribution in [2.75, 3.05) is 7.05 Å². The number of alkyl halides is 4. The number of carbonyl (C=O) groups excluding carboxylic acids is 1. The predicted octanol–water partition coefficient (Wildman–Crippen LogP) is 3.35. The Kier molecular flexibility index (Phi) is 4.54. The standard InChI is InChI=1S/C12H10F7NO/c1-11(16,17)12(18,19)10(21)20(2)5-6-3-7(13)4-8(14)9(6)15/h3-4H,5H2,1-2H3. The number of halogens is 7. The zero-order valence-corrected chi connectivity index (χ0v) is 10.9. The molecular weight excluding hydrogens is 307 g/mol. The van der Waals surface area contributed by atoms with Gasteiger partial charge in [0.05, 0.1) is 0 Å². The molecule has 0 aliphatic rings. The number of hydrogen-bond donors (Lipinski definition) is 0. The van der Waals surface area contributed by atoms with Crippen LogP contribution < -0.4 is 0 Å². The highest BCUT2D eigenvalue weighted by Crippen LogP contribution is 2.35. The minimum atomic E-state index is -5.02. The van der Waals surface area contributed by atoms with Gasteiger partial charge in [-0.15, -0.1) is 0 Å². The van der Waals surface area contributed by atoms with Crippen LogP contribution in [0.4, 0.5) is 30.7 Å². The van der Waals surface area contributed by atoms with E-state index in [4.69, 9.17) is 0 Å². The van der Waals surface area contributed by atoms with Gasteiger partial charge in [0, 0.05) is 32.1 Å². The van der Waals surface area contributed by atoms with E-state index in [0.717, 1.165) is 0 Å². The van der Waals surface area contributed by atoms with E-state index >= 15 is 0 Å². The summed E-state index contributed by atoms with van der Waals surface area (Å²) in [6.45, 7) is -1.15. The Morgan fingerprint density at radius 2 is 1.67 bits per heavy atom. The quantitative estimate of drug-likeness (QED) is 0.616. The molecule has 1 amide bonds. The van der Waals surface area contributed by atoms with Crippen LogP contribution in [0.2, 0.25) is 0 Å². The summed E-state index contributed by atoms with van der Waals surface area (Å²) in [7, 11) is 0.685. The highest BCUT2D eigenvalue weighted by molar-refractivity contribution is 5.84. The van der Waals surface area contributed by atoms with Crippen molar-refractivity contribution >= 4 is 5.91 Å². The maximum atomic E-state index is 13.3. The molecule has 0 N–H and O–H groups in total. The smallest absolute Gasteiger partial charge is 0.336 e. The highest BCUT2D eigenvalue weighted by atomic mass is 19.3. The van der Waals surface area contributed by atoms with E-state index in [-0.39, 0.29) is 17.9 Å². The van der Waals surface area contributed by atoms with Crippen LogP contribution >= 0.6 is 0 Å². The first-order chi connectivity index (χ1) is 9.37. The molecule has 0 saturated carbocycles. The second kappa shape index (κ2) is 5.53. The van der Waals surface area contributed by atoms with Crippen LogP contribution in [0.1, 0.15) is 12.5 Å². The molecular formula is C12H10F7NO. The highest BCUT2D eigenvalue weighted by Gasteiger charge is 2.59. The van der Waals surface area contributed by atoms with E-state index in [2.05, 4.69) is 0 Å². The van der Waals surface area contributed by atoms with Crippen LogP contribution in [-0.2, 0) is 11.3 Å². The van der Waals surface area contributed by atoms with E-state index in [1.807, 2.05) is 0 Å². The summed E-state index contributed by atoms with van der Waals surface area (Å²) >= 11 is 0. The first-order valence-corrected chi connectivity index (χ1v) is 5.52. The maximum Gasteiger partial charge on any atom is 0.386 e. The lowest BCUT2D eigenvalue weighted by Crippen LogP contribution is -2.51. The Morgan fingerprint density at radius 3 is 2.14 bits per heavy atom. The zero-order valence-electron chi connectivity index (χ0n) is 10.9. The van der Waals surface area contributed by atoms with E-state index in [0.29, 0.717) is 13.1 Å². The molecule has 21 heavy (non-hydrogen) atoms.